The molecule has 0 unspecified atom stereocenters. The summed E-state index contributed by atoms with van der Waals surface area (Å²) in [6, 6.07) is 8.77. The van der Waals surface area contributed by atoms with Crippen molar-refractivity contribution < 1.29 is 9.50 Å². The standard InChI is InChI=1S/C19H18FN5O/c1-11-15(4-5-18(22-11)24-7-6-13(26)10-24)25-16-3-2-12(20)8-14(16)19-17(25)9-21-23-19/h2-5,8-9,13,26H,6-7,10H2,1H3,(H,21,23)/t13-/m1/s1. The van der Waals surface area contributed by atoms with Gasteiger partial charge in [-0.1, -0.05) is 0 Å². The first-order valence-corrected chi connectivity index (χ1v) is 8.66. The van der Waals surface area contributed by atoms with E-state index in [0.717, 1.165) is 52.1 Å². The van der Waals surface area contributed by atoms with E-state index in [2.05, 4.69) is 19.7 Å². The summed E-state index contributed by atoms with van der Waals surface area (Å²) in [4.78, 5) is 6.85. The molecule has 3 aromatic heterocycles. The molecular weight excluding hydrogens is 333 g/mol. The first-order valence-electron chi connectivity index (χ1n) is 8.66. The molecule has 5 rings (SSSR count). The van der Waals surface area contributed by atoms with Crippen LogP contribution in [0.5, 0.6) is 0 Å². The van der Waals surface area contributed by atoms with Crippen molar-refractivity contribution >= 4 is 27.8 Å². The fourth-order valence-electron chi connectivity index (χ4n) is 3.84. The molecule has 0 radical (unpaired) electrons. The second kappa shape index (κ2) is 5.54. The van der Waals surface area contributed by atoms with Crippen LogP contribution in [0.15, 0.2) is 36.5 Å². The number of benzene rings is 1. The van der Waals surface area contributed by atoms with E-state index >= 15 is 0 Å². The van der Waals surface area contributed by atoms with Crippen molar-refractivity contribution in [2.45, 2.75) is 19.4 Å². The highest BCUT2D eigenvalue weighted by Crippen LogP contribution is 2.32. The van der Waals surface area contributed by atoms with Crippen LogP contribution in [0, 0.1) is 12.7 Å². The average molecular weight is 351 g/mol. The lowest BCUT2D eigenvalue weighted by molar-refractivity contribution is 0.198. The van der Waals surface area contributed by atoms with Gasteiger partial charge in [0.1, 0.15) is 11.6 Å². The van der Waals surface area contributed by atoms with Crippen LogP contribution in [0.2, 0.25) is 0 Å². The van der Waals surface area contributed by atoms with E-state index in [9.17, 15) is 9.50 Å². The minimum atomic E-state index is -0.286. The first kappa shape index (κ1) is 15.3. The molecule has 0 saturated carbocycles. The van der Waals surface area contributed by atoms with Crippen molar-refractivity contribution in [3.8, 4) is 5.69 Å². The van der Waals surface area contributed by atoms with E-state index in [1.807, 2.05) is 19.1 Å². The molecule has 0 spiro atoms. The van der Waals surface area contributed by atoms with Gasteiger partial charge in [0.15, 0.2) is 0 Å². The fraction of sp³-hybridized carbons (Fsp3) is 0.263. The Morgan fingerprint density at radius 3 is 2.88 bits per heavy atom. The number of nitrogens with one attached hydrogen (secondary N) is 1. The maximum Gasteiger partial charge on any atom is 0.129 e. The average Bonchev–Trinajstić information content (AvgIpc) is 3.31. The molecule has 6 nitrogen and oxygen atoms in total. The van der Waals surface area contributed by atoms with Crippen LogP contribution in [0.4, 0.5) is 10.2 Å². The second-order valence-electron chi connectivity index (χ2n) is 6.79. The summed E-state index contributed by atoms with van der Waals surface area (Å²) in [6.45, 7) is 3.39. The van der Waals surface area contributed by atoms with Gasteiger partial charge in [-0.05, 0) is 43.7 Å². The van der Waals surface area contributed by atoms with Gasteiger partial charge in [0.25, 0.3) is 0 Å². The Morgan fingerprint density at radius 1 is 1.23 bits per heavy atom. The lowest BCUT2D eigenvalue weighted by atomic mass is 10.2. The number of aliphatic hydroxyl groups is 1. The minimum absolute atomic E-state index is 0.274. The first-order chi connectivity index (χ1) is 12.6. The van der Waals surface area contributed by atoms with Gasteiger partial charge >= 0.3 is 0 Å². The summed E-state index contributed by atoms with van der Waals surface area (Å²) in [6.07, 6.45) is 2.23. The van der Waals surface area contributed by atoms with Crippen LogP contribution in [0.25, 0.3) is 27.6 Å². The van der Waals surface area contributed by atoms with Gasteiger partial charge in [-0.2, -0.15) is 5.10 Å². The molecule has 1 aromatic carbocycles. The van der Waals surface area contributed by atoms with Crippen LogP contribution in [0.1, 0.15) is 12.1 Å². The van der Waals surface area contributed by atoms with E-state index in [-0.39, 0.29) is 11.9 Å². The maximum atomic E-state index is 13.7. The van der Waals surface area contributed by atoms with Gasteiger partial charge in [-0.15, -0.1) is 0 Å². The summed E-state index contributed by atoms with van der Waals surface area (Å²) in [5, 5.41) is 17.6. The number of aromatic nitrogens is 4. The molecule has 4 aromatic rings. The normalized spacial score (nSPS) is 17.7. The molecule has 1 atom stereocenters. The lowest BCUT2D eigenvalue weighted by Gasteiger charge is -2.18. The Kier molecular flexibility index (Phi) is 3.27. The Bertz CT molecular complexity index is 1130. The SMILES string of the molecule is Cc1nc(N2CC[C@@H](O)C2)ccc1-n1c2ccc(F)cc2c2[nH]ncc21. The molecule has 0 bridgehead atoms. The summed E-state index contributed by atoms with van der Waals surface area (Å²) < 4.78 is 15.8. The highest BCUT2D eigenvalue weighted by atomic mass is 19.1. The number of aryl methyl sites for hydroxylation is 1. The van der Waals surface area contributed by atoms with E-state index in [4.69, 9.17) is 4.98 Å². The van der Waals surface area contributed by atoms with Gasteiger partial charge in [-0.25, -0.2) is 9.37 Å². The molecule has 2 N–H and O–H groups in total. The molecule has 26 heavy (non-hydrogen) atoms. The number of H-pyrrole nitrogens is 1. The summed E-state index contributed by atoms with van der Waals surface area (Å²) in [5.41, 5.74) is 4.41. The number of anilines is 1. The van der Waals surface area contributed by atoms with E-state index in [0.29, 0.717) is 6.54 Å². The largest absolute Gasteiger partial charge is 0.391 e. The van der Waals surface area contributed by atoms with Gasteiger partial charge in [0.05, 0.1) is 40.2 Å². The number of halogens is 1. The molecule has 1 saturated heterocycles. The van der Waals surface area contributed by atoms with Crippen LogP contribution >= 0.6 is 0 Å². The Balaban J connectivity index is 1.68. The zero-order valence-electron chi connectivity index (χ0n) is 14.3. The van der Waals surface area contributed by atoms with Crippen LogP contribution in [-0.4, -0.2) is 44.0 Å². The number of β-amino-alcohol motifs (C(OH)–C–C–N with tert-alkyl or cyclic N) is 1. The zero-order valence-corrected chi connectivity index (χ0v) is 14.3. The zero-order chi connectivity index (χ0) is 17.8. The van der Waals surface area contributed by atoms with Gasteiger partial charge in [0.2, 0.25) is 0 Å². The van der Waals surface area contributed by atoms with Crippen LogP contribution in [0.3, 0.4) is 0 Å². The van der Waals surface area contributed by atoms with Gasteiger partial charge in [-0.3, -0.25) is 5.10 Å². The number of nitrogens with zero attached hydrogens (tertiary/aromatic N) is 4. The summed E-state index contributed by atoms with van der Waals surface area (Å²) in [7, 11) is 0. The third-order valence-electron chi connectivity index (χ3n) is 5.10. The fourth-order valence-corrected chi connectivity index (χ4v) is 3.84. The molecule has 1 aliphatic heterocycles. The number of pyridine rings is 1. The van der Waals surface area contributed by atoms with Crippen molar-refractivity contribution in [3.05, 3.63) is 48.0 Å². The molecule has 7 heteroatoms. The maximum absolute atomic E-state index is 13.7. The second-order valence-corrected chi connectivity index (χ2v) is 6.79. The van der Waals surface area contributed by atoms with Crippen LogP contribution < -0.4 is 4.90 Å². The number of aromatic amines is 1. The molecule has 0 aliphatic carbocycles. The predicted octanol–water partition coefficient (Wildman–Crippen LogP) is 2.92. The third-order valence-corrected chi connectivity index (χ3v) is 5.10. The Morgan fingerprint density at radius 2 is 2.12 bits per heavy atom. The molecule has 0 amide bonds. The number of hydrogen-bond donors (Lipinski definition) is 2. The number of fused-ring (bicyclic) bond motifs is 3. The van der Waals surface area contributed by atoms with Crippen molar-refractivity contribution in [2.75, 3.05) is 18.0 Å². The van der Waals surface area contributed by atoms with Crippen molar-refractivity contribution in [2.24, 2.45) is 0 Å². The number of aliphatic hydroxyl groups excluding tert-OH is 1. The quantitative estimate of drug-likeness (QED) is 0.583. The van der Waals surface area contributed by atoms with E-state index in [1.165, 1.54) is 12.1 Å². The highest BCUT2D eigenvalue weighted by molar-refractivity contribution is 6.06. The topological polar surface area (TPSA) is 70.0 Å². The predicted molar refractivity (Wildman–Crippen MR) is 98.3 cm³/mol. The van der Waals surface area contributed by atoms with Gasteiger partial charge < -0.3 is 14.6 Å². The summed E-state index contributed by atoms with van der Waals surface area (Å²) >= 11 is 0. The molecule has 1 aliphatic rings. The molecular formula is C19H18FN5O. The van der Waals surface area contributed by atoms with Crippen molar-refractivity contribution in [3.63, 3.8) is 0 Å². The van der Waals surface area contributed by atoms with Gasteiger partial charge in [0, 0.05) is 18.5 Å². The lowest BCUT2D eigenvalue weighted by Crippen LogP contribution is -2.22. The summed E-state index contributed by atoms with van der Waals surface area (Å²) in [5.74, 6) is 0.595. The Hall–Kier alpha value is -2.93. The number of hydrogen-bond acceptors (Lipinski definition) is 4. The van der Waals surface area contributed by atoms with Crippen molar-refractivity contribution in [1.82, 2.24) is 19.7 Å². The number of rotatable bonds is 2. The highest BCUT2D eigenvalue weighted by Gasteiger charge is 2.22. The third kappa shape index (κ3) is 2.20. The smallest absolute Gasteiger partial charge is 0.129 e. The van der Waals surface area contributed by atoms with E-state index in [1.54, 1.807) is 12.3 Å². The monoisotopic (exact) mass is 351 g/mol. The molecule has 1 fully saturated rings. The molecule has 4 heterocycles. The Labute approximate surface area is 148 Å². The molecule has 132 valence electrons. The van der Waals surface area contributed by atoms with E-state index < -0.39 is 0 Å². The van der Waals surface area contributed by atoms with Crippen LogP contribution in [-0.2, 0) is 0 Å². The van der Waals surface area contributed by atoms with Crippen molar-refractivity contribution in [1.29, 1.82) is 0 Å². The minimum Gasteiger partial charge on any atom is -0.391 e.